The van der Waals surface area contributed by atoms with E-state index in [4.69, 9.17) is 11.6 Å². The molecule has 0 saturated heterocycles. The van der Waals surface area contributed by atoms with E-state index in [1.54, 1.807) is 0 Å². The molecule has 4 heteroatoms. The van der Waals surface area contributed by atoms with Gasteiger partial charge in [-0.1, -0.05) is 48.4 Å². The molecule has 20 heavy (non-hydrogen) atoms. The molecule has 0 fully saturated rings. The fourth-order valence-corrected chi connectivity index (χ4v) is 2.68. The maximum absolute atomic E-state index is 6.36. The second kappa shape index (κ2) is 6.42. The number of halogens is 1. The Morgan fingerprint density at radius 1 is 1.40 bits per heavy atom. The van der Waals surface area contributed by atoms with Crippen LogP contribution in [0, 0.1) is 6.92 Å². The highest BCUT2D eigenvalue weighted by Crippen LogP contribution is 2.22. The number of hydrogen-bond acceptors (Lipinski definition) is 2. The number of nitrogens with zero attached hydrogens (tertiary/aromatic N) is 2. The van der Waals surface area contributed by atoms with Gasteiger partial charge in [0.05, 0.1) is 16.4 Å². The minimum atomic E-state index is 0.283. The van der Waals surface area contributed by atoms with Gasteiger partial charge in [-0.25, -0.2) is 0 Å². The first-order chi connectivity index (χ1) is 9.52. The molecule has 1 aromatic heterocycles. The molecule has 0 aliphatic heterocycles. The van der Waals surface area contributed by atoms with Crippen LogP contribution in [0.25, 0.3) is 0 Å². The van der Waals surface area contributed by atoms with E-state index < -0.39 is 0 Å². The van der Waals surface area contributed by atoms with Crippen molar-refractivity contribution in [2.45, 2.75) is 39.8 Å². The van der Waals surface area contributed by atoms with Gasteiger partial charge in [-0.15, -0.1) is 0 Å². The summed E-state index contributed by atoms with van der Waals surface area (Å²) >= 11 is 6.36. The quantitative estimate of drug-likeness (QED) is 0.908. The van der Waals surface area contributed by atoms with Crippen molar-refractivity contribution in [1.82, 2.24) is 15.1 Å². The van der Waals surface area contributed by atoms with E-state index in [0.717, 1.165) is 29.4 Å². The van der Waals surface area contributed by atoms with Gasteiger partial charge < -0.3 is 5.32 Å². The SMILES string of the molecule is CCc1nn(C)c(CN[C@H](C)c2cccc(C)c2)c1Cl. The molecule has 2 aromatic rings. The van der Waals surface area contributed by atoms with Crippen LogP contribution in [-0.4, -0.2) is 9.78 Å². The molecule has 0 bridgehead atoms. The first-order valence-electron chi connectivity index (χ1n) is 7.03. The summed E-state index contributed by atoms with van der Waals surface area (Å²) in [6.07, 6.45) is 0.861. The largest absolute Gasteiger partial charge is 0.305 e. The van der Waals surface area contributed by atoms with Gasteiger partial charge in [0.1, 0.15) is 0 Å². The topological polar surface area (TPSA) is 29.9 Å². The molecule has 1 N–H and O–H groups in total. The molecular formula is C16H22ClN3. The molecule has 0 saturated carbocycles. The number of hydrogen-bond donors (Lipinski definition) is 1. The van der Waals surface area contributed by atoms with Crippen molar-refractivity contribution >= 4 is 11.6 Å². The highest BCUT2D eigenvalue weighted by atomic mass is 35.5. The van der Waals surface area contributed by atoms with Crippen molar-refractivity contribution in [2.75, 3.05) is 0 Å². The summed E-state index contributed by atoms with van der Waals surface area (Å²) in [5, 5.41) is 8.75. The standard InChI is InChI=1S/C16H22ClN3/c1-5-14-16(17)15(20(4)19-14)10-18-12(3)13-8-6-7-11(2)9-13/h6-9,12,18H,5,10H2,1-4H3/t12-/m1/s1. The van der Waals surface area contributed by atoms with Crippen LogP contribution in [0.4, 0.5) is 0 Å². The zero-order valence-electron chi connectivity index (χ0n) is 12.6. The van der Waals surface area contributed by atoms with Gasteiger partial charge in [-0.2, -0.15) is 5.10 Å². The van der Waals surface area contributed by atoms with Crippen molar-refractivity contribution < 1.29 is 0 Å². The van der Waals surface area contributed by atoms with E-state index in [1.165, 1.54) is 11.1 Å². The van der Waals surface area contributed by atoms with Crippen LogP contribution in [0.5, 0.6) is 0 Å². The third-order valence-electron chi connectivity index (χ3n) is 3.62. The van der Waals surface area contributed by atoms with Gasteiger partial charge in [-0.3, -0.25) is 4.68 Å². The molecule has 3 nitrogen and oxygen atoms in total. The third-order valence-corrected chi connectivity index (χ3v) is 4.06. The highest BCUT2D eigenvalue weighted by Gasteiger charge is 2.14. The Morgan fingerprint density at radius 3 is 2.75 bits per heavy atom. The highest BCUT2D eigenvalue weighted by molar-refractivity contribution is 6.31. The lowest BCUT2D eigenvalue weighted by molar-refractivity contribution is 0.547. The van der Waals surface area contributed by atoms with Gasteiger partial charge in [0.25, 0.3) is 0 Å². The van der Waals surface area contributed by atoms with Crippen LogP contribution in [0.15, 0.2) is 24.3 Å². The molecule has 0 aliphatic carbocycles. The third kappa shape index (κ3) is 3.22. The van der Waals surface area contributed by atoms with Crippen LogP contribution in [-0.2, 0) is 20.0 Å². The fourth-order valence-electron chi connectivity index (χ4n) is 2.32. The van der Waals surface area contributed by atoms with Gasteiger partial charge in [0.15, 0.2) is 0 Å². The van der Waals surface area contributed by atoms with E-state index in [0.29, 0.717) is 0 Å². The maximum Gasteiger partial charge on any atom is 0.0863 e. The lowest BCUT2D eigenvalue weighted by Crippen LogP contribution is -2.20. The van der Waals surface area contributed by atoms with Crippen LogP contribution >= 0.6 is 11.6 Å². The molecular weight excluding hydrogens is 270 g/mol. The van der Waals surface area contributed by atoms with Crippen molar-refractivity contribution in [3.8, 4) is 0 Å². The molecule has 1 aromatic carbocycles. The van der Waals surface area contributed by atoms with E-state index in [1.807, 2.05) is 11.7 Å². The van der Waals surface area contributed by atoms with Crippen molar-refractivity contribution in [2.24, 2.45) is 7.05 Å². The minimum Gasteiger partial charge on any atom is -0.305 e. The van der Waals surface area contributed by atoms with E-state index >= 15 is 0 Å². The van der Waals surface area contributed by atoms with Gasteiger partial charge in [0.2, 0.25) is 0 Å². The normalized spacial score (nSPS) is 12.7. The molecule has 1 atom stereocenters. The second-order valence-electron chi connectivity index (χ2n) is 5.20. The van der Waals surface area contributed by atoms with Crippen molar-refractivity contribution in [3.05, 3.63) is 51.8 Å². The predicted octanol–water partition coefficient (Wildman–Crippen LogP) is 3.80. The van der Waals surface area contributed by atoms with Gasteiger partial charge in [-0.05, 0) is 25.8 Å². The van der Waals surface area contributed by atoms with E-state index in [2.05, 4.69) is 55.5 Å². The Kier molecular flexibility index (Phi) is 4.84. The Bertz CT molecular complexity index is 589. The first-order valence-corrected chi connectivity index (χ1v) is 7.41. The summed E-state index contributed by atoms with van der Waals surface area (Å²) < 4.78 is 1.87. The van der Waals surface area contributed by atoms with E-state index in [-0.39, 0.29) is 6.04 Å². The van der Waals surface area contributed by atoms with E-state index in [9.17, 15) is 0 Å². The van der Waals surface area contributed by atoms with Crippen LogP contribution in [0.3, 0.4) is 0 Å². The summed E-state index contributed by atoms with van der Waals surface area (Å²) in [5.74, 6) is 0. The van der Waals surface area contributed by atoms with Crippen LogP contribution in [0.1, 0.15) is 42.4 Å². The fraction of sp³-hybridized carbons (Fsp3) is 0.438. The molecule has 0 radical (unpaired) electrons. The molecule has 0 amide bonds. The van der Waals surface area contributed by atoms with Gasteiger partial charge >= 0.3 is 0 Å². The minimum absolute atomic E-state index is 0.283. The summed E-state index contributed by atoms with van der Waals surface area (Å²) in [6.45, 7) is 7.07. The average Bonchev–Trinajstić information content (AvgIpc) is 2.71. The molecule has 0 unspecified atom stereocenters. The number of aromatic nitrogens is 2. The number of benzene rings is 1. The van der Waals surface area contributed by atoms with Crippen LogP contribution in [0.2, 0.25) is 5.02 Å². The monoisotopic (exact) mass is 291 g/mol. The van der Waals surface area contributed by atoms with Crippen molar-refractivity contribution in [1.29, 1.82) is 0 Å². The first kappa shape index (κ1) is 15.1. The molecule has 0 aliphatic rings. The second-order valence-corrected chi connectivity index (χ2v) is 5.58. The average molecular weight is 292 g/mol. The van der Waals surface area contributed by atoms with Crippen molar-refractivity contribution in [3.63, 3.8) is 0 Å². The number of rotatable bonds is 5. The molecule has 1 heterocycles. The summed E-state index contributed by atoms with van der Waals surface area (Å²) in [7, 11) is 1.94. The molecule has 0 spiro atoms. The number of nitrogens with one attached hydrogen (secondary N) is 1. The van der Waals surface area contributed by atoms with Crippen LogP contribution < -0.4 is 5.32 Å². The summed E-state index contributed by atoms with van der Waals surface area (Å²) in [6, 6.07) is 8.84. The Labute approximate surface area is 126 Å². The molecule has 108 valence electrons. The maximum atomic E-state index is 6.36. The zero-order chi connectivity index (χ0) is 14.7. The molecule has 2 rings (SSSR count). The Morgan fingerprint density at radius 2 is 2.15 bits per heavy atom. The predicted molar refractivity (Wildman–Crippen MR) is 84.0 cm³/mol. The lowest BCUT2D eigenvalue weighted by Gasteiger charge is -2.15. The smallest absolute Gasteiger partial charge is 0.0863 e. The zero-order valence-corrected chi connectivity index (χ0v) is 13.3. The Balaban J connectivity index is 2.07. The summed E-state index contributed by atoms with van der Waals surface area (Å²) in [4.78, 5) is 0. The Hall–Kier alpha value is -1.32. The van der Waals surface area contributed by atoms with Gasteiger partial charge in [0, 0.05) is 19.6 Å². The number of aryl methyl sites for hydroxylation is 3. The lowest BCUT2D eigenvalue weighted by atomic mass is 10.1. The summed E-state index contributed by atoms with van der Waals surface area (Å²) in [5.41, 5.74) is 4.58.